The second-order valence-corrected chi connectivity index (χ2v) is 5.90. The molecule has 1 aromatic carbocycles. The topological polar surface area (TPSA) is 77.1 Å². The van der Waals surface area contributed by atoms with Gasteiger partial charge in [-0.25, -0.2) is 9.66 Å². The Balaban J connectivity index is 1.85. The molecule has 23 heavy (non-hydrogen) atoms. The molecule has 1 saturated carbocycles. The summed E-state index contributed by atoms with van der Waals surface area (Å²) in [5.74, 6) is 0.358. The van der Waals surface area contributed by atoms with Gasteiger partial charge in [0.15, 0.2) is 5.76 Å². The third-order valence-corrected chi connectivity index (χ3v) is 3.99. The summed E-state index contributed by atoms with van der Waals surface area (Å²) in [6.07, 6.45) is 3.28. The van der Waals surface area contributed by atoms with E-state index in [1.54, 1.807) is 24.3 Å². The van der Waals surface area contributed by atoms with Crippen molar-refractivity contribution < 1.29 is 9.21 Å². The molecule has 0 spiro atoms. The van der Waals surface area contributed by atoms with Gasteiger partial charge < -0.3 is 4.42 Å². The number of furan rings is 1. The van der Waals surface area contributed by atoms with Crippen LogP contribution < -0.4 is 11.0 Å². The number of halogens is 1. The number of carbonyl (C=O) groups excluding carboxylic acids is 1. The summed E-state index contributed by atoms with van der Waals surface area (Å²) in [7, 11) is 0. The van der Waals surface area contributed by atoms with E-state index in [0.29, 0.717) is 21.7 Å². The van der Waals surface area contributed by atoms with E-state index in [1.807, 2.05) is 0 Å². The Bertz CT molecular complexity index is 959. The summed E-state index contributed by atoms with van der Waals surface area (Å²) in [6, 6.07) is 8.04. The highest BCUT2D eigenvalue weighted by molar-refractivity contribution is 6.31. The van der Waals surface area contributed by atoms with Gasteiger partial charge in [-0.05, 0) is 43.2 Å². The standard InChI is InChI=1S/C16H12ClN3O3/c17-10-5-6-11-12(8-10)18-14(9-3-4-9)20(16(11)22)19-15(21)13-2-1-7-23-13/h1-2,5-9H,3-4H2,(H,19,21). The van der Waals surface area contributed by atoms with Crippen LogP contribution in [0.5, 0.6) is 0 Å². The van der Waals surface area contributed by atoms with Crippen molar-refractivity contribution in [2.24, 2.45) is 0 Å². The Kier molecular flexibility index (Phi) is 3.20. The fourth-order valence-corrected chi connectivity index (χ4v) is 2.63. The summed E-state index contributed by atoms with van der Waals surface area (Å²) in [4.78, 5) is 29.5. The number of nitrogens with one attached hydrogen (secondary N) is 1. The van der Waals surface area contributed by atoms with E-state index < -0.39 is 5.91 Å². The number of hydrogen-bond donors (Lipinski definition) is 1. The van der Waals surface area contributed by atoms with Crippen molar-refractivity contribution >= 4 is 28.4 Å². The van der Waals surface area contributed by atoms with E-state index in [0.717, 1.165) is 12.8 Å². The smallest absolute Gasteiger partial charge is 0.305 e. The molecule has 1 amide bonds. The Morgan fingerprint density at radius 2 is 2.17 bits per heavy atom. The highest BCUT2D eigenvalue weighted by Gasteiger charge is 2.30. The largest absolute Gasteiger partial charge is 0.459 e. The monoisotopic (exact) mass is 329 g/mol. The molecule has 1 aliphatic rings. The highest BCUT2D eigenvalue weighted by atomic mass is 35.5. The summed E-state index contributed by atoms with van der Waals surface area (Å²) < 4.78 is 6.28. The fourth-order valence-electron chi connectivity index (χ4n) is 2.46. The molecule has 116 valence electrons. The predicted octanol–water partition coefficient (Wildman–Crippen LogP) is 2.90. The predicted molar refractivity (Wildman–Crippen MR) is 85.4 cm³/mol. The molecule has 0 atom stereocenters. The summed E-state index contributed by atoms with van der Waals surface area (Å²) in [6.45, 7) is 0. The molecule has 6 nitrogen and oxygen atoms in total. The first-order chi connectivity index (χ1) is 11.1. The van der Waals surface area contributed by atoms with Gasteiger partial charge in [-0.2, -0.15) is 0 Å². The van der Waals surface area contributed by atoms with E-state index in [2.05, 4.69) is 10.4 Å². The molecule has 2 aromatic heterocycles. The molecule has 0 saturated heterocycles. The number of carbonyl (C=O) groups is 1. The number of benzene rings is 1. The van der Waals surface area contributed by atoms with Crippen LogP contribution >= 0.6 is 11.6 Å². The highest BCUT2D eigenvalue weighted by Crippen LogP contribution is 2.38. The van der Waals surface area contributed by atoms with Crippen molar-refractivity contribution in [3.05, 3.63) is 63.6 Å². The Morgan fingerprint density at radius 1 is 1.35 bits per heavy atom. The minimum absolute atomic E-state index is 0.134. The lowest BCUT2D eigenvalue weighted by Crippen LogP contribution is -2.36. The average molecular weight is 330 g/mol. The molecule has 3 aromatic rings. The van der Waals surface area contributed by atoms with Crippen LogP contribution in [0.2, 0.25) is 5.02 Å². The summed E-state index contributed by atoms with van der Waals surface area (Å²) in [5.41, 5.74) is 2.79. The van der Waals surface area contributed by atoms with Gasteiger partial charge in [0.05, 0.1) is 17.2 Å². The van der Waals surface area contributed by atoms with Gasteiger partial charge in [0, 0.05) is 10.9 Å². The van der Waals surface area contributed by atoms with Crippen LogP contribution in [0.25, 0.3) is 10.9 Å². The van der Waals surface area contributed by atoms with Gasteiger partial charge in [-0.3, -0.25) is 15.0 Å². The Morgan fingerprint density at radius 3 is 2.87 bits per heavy atom. The second kappa shape index (κ2) is 5.24. The van der Waals surface area contributed by atoms with Gasteiger partial charge in [-0.15, -0.1) is 0 Å². The van der Waals surface area contributed by atoms with Gasteiger partial charge in [0.25, 0.3) is 5.56 Å². The third-order valence-electron chi connectivity index (χ3n) is 3.76. The zero-order chi connectivity index (χ0) is 16.0. The summed E-state index contributed by atoms with van der Waals surface area (Å²) in [5, 5.41) is 0.919. The maximum absolute atomic E-state index is 12.7. The third kappa shape index (κ3) is 2.51. The molecular formula is C16H12ClN3O3. The quantitative estimate of drug-likeness (QED) is 0.801. The maximum atomic E-state index is 12.7. The number of aromatic nitrogens is 2. The first kappa shape index (κ1) is 14.0. The number of nitrogens with zero attached hydrogens (tertiary/aromatic N) is 2. The van der Waals surface area contributed by atoms with Crippen molar-refractivity contribution in [3.8, 4) is 0 Å². The average Bonchev–Trinajstić information content (AvgIpc) is 3.23. The number of hydrogen-bond acceptors (Lipinski definition) is 4. The second-order valence-electron chi connectivity index (χ2n) is 5.46. The van der Waals surface area contributed by atoms with Crippen molar-refractivity contribution in [2.75, 3.05) is 5.43 Å². The SMILES string of the molecule is O=C(Nn1c(C2CC2)nc2cc(Cl)ccc2c1=O)c1ccco1. The zero-order valence-corrected chi connectivity index (χ0v) is 12.7. The van der Waals surface area contributed by atoms with Crippen molar-refractivity contribution in [3.63, 3.8) is 0 Å². The number of amides is 1. The molecule has 1 aliphatic carbocycles. The van der Waals surface area contributed by atoms with Crippen LogP contribution in [0, 0.1) is 0 Å². The fraction of sp³-hybridized carbons (Fsp3) is 0.188. The lowest BCUT2D eigenvalue weighted by molar-refractivity contribution is 0.0980. The molecule has 2 heterocycles. The van der Waals surface area contributed by atoms with Crippen molar-refractivity contribution in [1.29, 1.82) is 0 Å². The molecule has 4 rings (SSSR count). The molecule has 0 unspecified atom stereocenters. The summed E-state index contributed by atoms with van der Waals surface area (Å²) >= 11 is 5.98. The van der Waals surface area contributed by atoms with Crippen molar-refractivity contribution in [1.82, 2.24) is 9.66 Å². The van der Waals surface area contributed by atoms with E-state index in [-0.39, 0.29) is 17.2 Å². The minimum Gasteiger partial charge on any atom is -0.459 e. The molecule has 1 fully saturated rings. The Hall–Kier alpha value is -2.60. The molecular weight excluding hydrogens is 318 g/mol. The first-order valence-corrected chi connectivity index (χ1v) is 7.58. The molecule has 1 N–H and O–H groups in total. The zero-order valence-electron chi connectivity index (χ0n) is 12.0. The van der Waals surface area contributed by atoms with E-state index in [9.17, 15) is 9.59 Å². The van der Waals surface area contributed by atoms with E-state index in [1.165, 1.54) is 17.0 Å². The van der Waals surface area contributed by atoms with Crippen molar-refractivity contribution in [2.45, 2.75) is 18.8 Å². The van der Waals surface area contributed by atoms with Crippen LogP contribution in [0.15, 0.2) is 45.8 Å². The van der Waals surface area contributed by atoms with Gasteiger partial charge in [0.2, 0.25) is 0 Å². The minimum atomic E-state index is -0.492. The van der Waals surface area contributed by atoms with Gasteiger partial charge in [0.1, 0.15) is 5.82 Å². The Labute approximate surface area is 135 Å². The molecule has 0 aliphatic heterocycles. The normalized spacial score (nSPS) is 14.1. The first-order valence-electron chi connectivity index (χ1n) is 7.20. The van der Waals surface area contributed by atoms with Gasteiger partial charge >= 0.3 is 5.91 Å². The lowest BCUT2D eigenvalue weighted by Gasteiger charge is -2.13. The maximum Gasteiger partial charge on any atom is 0.305 e. The number of rotatable bonds is 3. The van der Waals surface area contributed by atoms with Crippen LogP contribution in [-0.4, -0.2) is 15.6 Å². The van der Waals surface area contributed by atoms with Crippen LogP contribution in [0.4, 0.5) is 0 Å². The molecule has 7 heteroatoms. The van der Waals surface area contributed by atoms with E-state index >= 15 is 0 Å². The van der Waals surface area contributed by atoms with Crippen LogP contribution in [0.1, 0.15) is 35.1 Å². The van der Waals surface area contributed by atoms with Gasteiger partial charge in [-0.1, -0.05) is 11.6 Å². The lowest BCUT2D eigenvalue weighted by atomic mass is 10.2. The number of fused-ring (bicyclic) bond motifs is 1. The molecule has 0 bridgehead atoms. The van der Waals surface area contributed by atoms with E-state index in [4.69, 9.17) is 16.0 Å². The van der Waals surface area contributed by atoms with Crippen LogP contribution in [-0.2, 0) is 0 Å². The molecule has 0 radical (unpaired) electrons. The van der Waals surface area contributed by atoms with Crippen LogP contribution in [0.3, 0.4) is 0 Å².